The number of likely N-dealkylation sites (N-methyl/N-ethyl adjacent to an activating group) is 1. The normalized spacial score (nSPS) is 27.2. The number of amides is 1. The Hall–Kier alpha value is -4.27. The van der Waals surface area contributed by atoms with Gasteiger partial charge in [0.1, 0.15) is 30.2 Å². The minimum atomic E-state index is -0.988. The first-order valence-corrected chi connectivity index (χ1v) is 20.9. The van der Waals surface area contributed by atoms with Gasteiger partial charge in [-0.1, -0.05) is 45.3 Å². The zero-order chi connectivity index (χ0) is 40.7. The van der Waals surface area contributed by atoms with Gasteiger partial charge in [0.15, 0.2) is 0 Å². The predicted octanol–water partition coefficient (Wildman–Crippen LogP) is 7.86. The van der Waals surface area contributed by atoms with E-state index in [1.807, 2.05) is 14.0 Å². The van der Waals surface area contributed by atoms with Crippen molar-refractivity contribution in [3.63, 3.8) is 0 Å². The average Bonchev–Trinajstić information content (AvgIpc) is 3.80. The molecule has 9 nitrogen and oxygen atoms in total. The lowest BCUT2D eigenvalue weighted by Crippen LogP contribution is -2.54. The molecule has 0 unspecified atom stereocenters. The number of halogens is 2. The van der Waals surface area contributed by atoms with Crippen LogP contribution in [0.2, 0.25) is 0 Å². The number of hydrogen-bond donors (Lipinski definition) is 3. The molecule has 0 radical (unpaired) electrons. The van der Waals surface area contributed by atoms with Gasteiger partial charge in [0.05, 0.1) is 27.9 Å². The van der Waals surface area contributed by atoms with Crippen molar-refractivity contribution in [3.05, 3.63) is 65.1 Å². The van der Waals surface area contributed by atoms with Crippen LogP contribution >= 0.6 is 0 Å². The molecular weight excluding hydrogens is 725 g/mol. The molecule has 2 heterocycles. The summed E-state index contributed by atoms with van der Waals surface area (Å²) in [5, 5.41) is 26.3. The van der Waals surface area contributed by atoms with E-state index in [0.29, 0.717) is 61.3 Å². The number of nitrogens with zero attached hydrogens (tertiary/aromatic N) is 4. The van der Waals surface area contributed by atoms with Gasteiger partial charge in [-0.2, -0.15) is 9.97 Å². The highest BCUT2D eigenvalue weighted by molar-refractivity contribution is 5.93. The molecule has 3 N–H and O–H groups in total. The van der Waals surface area contributed by atoms with Crippen molar-refractivity contribution in [2.24, 2.45) is 11.8 Å². The fraction of sp³-hybridized carbons (Fsp3) is 0.587. The number of likely N-dealkylation sites (tertiary alicyclic amines) is 1. The van der Waals surface area contributed by atoms with Gasteiger partial charge in [0.2, 0.25) is 5.91 Å². The summed E-state index contributed by atoms with van der Waals surface area (Å²) in [6.45, 7) is 11.7. The first kappa shape index (κ1) is 40.9. The van der Waals surface area contributed by atoms with E-state index in [2.05, 4.69) is 36.6 Å². The molecule has 1 aromatic heterocycles. The van der Waals surface area contributed by atoms with Crippen LogP contribution in [0.15, 0.2) is 36.9 Å². The van der Waals surface area contributed by atoms with Crippen molar-refractivity contribution < 1.29 is 28.5 Å². The van der Waals surface area contributed by atoms with Crippen molar-refractivity contribution in [1.82, 2.24) is 19.8 Å². The predicted molar refractivity (Wildman–Crippen MR) is 220 cm³/mol. The van der Waals surface area contributed by atoms with E-state index in [1.54, 1.807) is 23.1 Å². The van der Waals surface area contributed by atoms with Gasteiger partial charge >= 0.3 is 6.01 Å². The standard InChI is InChI=1S/C46H59F2N5O4/c1-7-35-38(48)14-12-32-21-34(54)23-37(41(32)35)31-11-13-36-39(22-31)50-43(51-42(36)49-27-45(17-9-10-18-45)52(6)40(55)8-2)57-28-46(29(3)4)24-33(47)26-53(46)25-30-15-19-44(5,56)20-16-30/h1,8,12,14,21,23,29-31,33,54,56H,2,9-11,13,15-20,22,24-28H2,3-6H3,(H,49,50,51)/t30?,31-,33+,44?,46-/m0/s1. The number of hydrogen-bond acceptors (Lipinski definition) is 8. The summed E-state index contributed by atoms with van der Waals surface area (Å²) in [5.41, 5.74) is 1.05. The molecule has 3 atom stereocenters. The number of aromatic nitrogens is 2. The maximum atomic E-state index is 15.5. The zero-order valence-electron chi connectivity index (χ0n) is 34.1. The number of ether oxygens (including phenoxy) is 1. The molecule has 3 fully saturated rings. The van der Waals surface area contributed by atoms with Crippen LogP contribution < -0.4 is 10.1 Å². The molecular formula is C46H59F2N5O4. The van der Waals surface area contributed by atoms with Crippen LogP contribution in [0.1, 0.15) is 113 Å². The first-order valence-electron chi connectivity index (χ1n) is 20.9. The first-order chi connectivity index (χ1) is 27.2. The van der Waals surface area contributed by atoms with Gasteiger partial charge in [0, 0.05) is 44.1 Å². The van der Waals surface area contributed by atoms with E-state index in [4.69, 9.17) is 21.1 Å². The van der Waals surface area contributed by atoms with Gasteiger partial charge in [-0.15, -0.1) is 6.42 Å². The van der Waals surface area contributed by atoms with E-state index >= 15 is 8.78 Å². The molecule has 0 bridgehead atoms. The van der Waals surface area contributed by atoms with Gasteiger partial charge < -0.3 is 25.2 Å². The number of fused-ring (bicyclic) bond motifs is 2. The Morgan fingerprint density at radius 3 is 2.61 bits per heavy atom. The summed E-state index contributed by atoms with van der Waals surface area (Å²) in [5.74, 6) is 2.98. The van der Waals surface area contributed by atoms with Crippen molar-refractivity contribution in [2.45, 2.75) is 127 Å². The van der Waals surface area contributed by atoms with Crippen LogP contribution in [0.25, 0.3) is 10.8 Å². The number of aromatic hydroxyl groups is 1. The molecule has 57 heavy (non-hydrogen) atoms. The Labute approximate surface area is 336 Å². The summed E-state index contributed by atoms with van der Waals surface area (Å²) < 4.78 is 37.2. The number of phenols is 1. The third kappa shape index (κ3) is 8.09. The highest BCUT2D eigenvalue weighted by atomic mass is 19.1. The van der Waals surface area contributed by atoms with E-state index in [9.17, 15) is 15.0 Å². The van der Waals surface area contributed by atoms with E-state index < -0.39 is 28.7 Å². The SMILES string of the molecule is C#Cc1c(F)ccc2cc(O)cc([C@H]3CCc4c(nc(OC[C@]5(C(C)C)C[C@@H](F)CN5CC5CCC(C)(O)CC5)nc4NCC4(N(C)C(=O)C=C)CCCC4)C3)c12. The lowest BCUT2D eigenvalue weighted by atomic mass is 9.78. The van der Waals surface area contributed by atoms with Crippen LogP contribution in [-0.2, 0) is 17.6 Å². The Bertz CT molecular complexity index is 2030. The number of carbonyl (C=O) groups is 1. The van der Waals surface area contributed by atoms with Crippen LogP contribution in [0, 0.1) is 30.0 Å². The molecule has 3 aromatic rings. The van der Waals surface area contributed by atoms with Crippen molar-refractivity contribution in [2.75, 3.05) is 38.6 Å². The van der Waals surface area contributed by atoms with E-state index in [0.717, 1.165) is 74.7 Å². The largest absolute Gasteiger partial charge is 0.508 e. The fourth-order valence-electron chi connectivity index (χ4n) is 10.4. The van der Waals surface area contributed by atoms with Crippen molar-refractivity contribution in [1.29, 1.82) is 0 Å². The summed E-state index contributed by atoms with van der Waals surface area (Å²) >= 11 is 0. The van der Waals surface area contributed by atoms with Crippen LogP contribution in [0.4, 0.5) is 14.6 Å². The Balaban J connectivity index is 1.22. The van der Waals surface area contributed by atoms with Crippen molar-refractivity contribution in [3.8, 4) is 24.1 Å². The molecule has 7 rings (SSSR count). The number of alkyl halides is 1. The van der Waals surface area contributed by atoms with Gasteiger partial charge in [-0.05, 0) is 118 Å². The summed E-state index contributed by atoms with van der Waals surface area (Å²) in [4.78, 5) is 27.0. The minimum Gasteiger partial charge on any atom is -0.508 e. The molecule has 1 aliphatic heterocycles. The second-order valence-electron chi connectivity index (χ2n) is 18.0. The summed E-state index contributed by atoms with van der Waals surface area (Å²) in [6, 6.07) is 6.47. The number of nitrogens with one attached hydrogen (secondary N) is 1. The molecule has 0 spiro atoms. The zero-order valence-corrected chi connectivity index (χ0v) is 34.1. The van der Waals surface area contributed by atoms with Gasteiger partial charge in [-0.3, -0.25) is 9.69 Å². The maximum absolute atomic E-state index is 15.5. The number of phenolic OH excluding ortho intramolecular Hbond substituents is 1. The highest BCUT2D eigenvalue weighted by Crippen LogP contribution is 2.44. The third-order valence-corrected chi connectivity index (χ3v) is 14.1. The molecule has 1 saturated heterocycles. The lowest BCUT2D eigenvalue weighted by Gasteiger charge is -2.44. The highest BCUT2D eigenvalue weighted by Gasteiger charge is 2.50. The van der Waals surface area contributed by atoms with Crippen LogP contribution in [-0.4, -0.2) is 92.0 Å². The Kier molecular flexibility index (Phi) is 11.6. The number of rotatable bonds is 12. The van der Waals surface area contributed by atoms with Gasteiger partial charge in [0.25, 0.3) is 0 Å². The molecule has 4 aliphatic rings. The van der Waals surface area contributed by atoms with Crippen LogP contribution in [0.5, 0.6) is 11.8 Å². The van der Waals surface area contributed by atoms with Crippen molar-refractivity contribution >= 4 is 22.5 Å². The lowest BCUT2D eigenvalue weighted by molar-refractivity contribution is -0.129. The summed E-state index contributed by atoms with van der Waals surface area (Å²) in [7, 11) is 1.84. The number of benzene rings is 2. The second-order valence-corrected chi connectivity index (χ2v) is 18.0. The minimum absolute atomic E-state index is 0.0782. The monoisotopic (exact) mass is 783 g/mol. The molecule has 3 aliphatic carbocycles. The number of anilines is 1. The summed E-state index contributed by atoms with van der Waals surface area (Å²) in [6.07, 6.45) is 15.3. The smallest absolute Gasteiger partial charge is 0.318 e. The molecule has 11 heteroatoms. The average molecular weight is 784 g/mol. The van der Waals surface area contributed by atoms with Crippen LogP contribution in [0.3, 0.4) is 0 Å². The molecule has 2 aromatic carbocycles. The Morgan fingerprint density at radius 1 is 1.19 bits per heavy atom. The second kappa shape index (κ2) is 16.2. The number of carbonyl (C=O) groups excluding carboxylic acids is 1. The molecule has 2 saturated carbocycles. The molecule has 1 amide bonds. The van der Waals surface area contributed by atoms with Gasteiger partial charge in [-0.25, -0.2) is 8.78 Å². The maximum Gasteiger partial charge on any atom is 0.318 e. The fourth-order valence-corrected chi connectivity index (χ4v) is 10.4. The topological polar surface area (TPSA) is 111 Å². The van der Waals surface area contributed by atoms with E-state index in [1.165, 1.54) is 12.1 Å². The van der Waals surface area contributed by atoms with E-state index in [-0.39, 0.29) is 41.7 Å². The number of aliphatic hydroxyl groups is 1. The Morgan fingerprint density at radius 2 is 1.93 bits per heavy atom. The third-order valence-electron chi connectivity index (χ3n) is 14.1. The molecule has 306 valence electrons. The quantitative estimate of drug-likeness (QED) is 0.126. The number of terminal acetylenes is 1.